The van der Waals surface area contributed by atoms with Crippen LogP contribution in [-0.2, 0) is 21.4 Å². The number of aliphatic hydroxyl groups excluding tert-OH is 1. The molecule has 1 atom stereocenters. The van der Waals surface area contributed by atoms with E-state index in [-0.39, 0.29) is 11.4 Å². The van der Waals surface area contributed by atoms with Gasteiger partial charge in [-0.2, -0.15) is 13.0 Å². The topological polar surface area (TPSA) is 82.3 Å². The van der Waals surface area contributed by atoms with Gasteiger partial charge >= 0.3 is 0 Å². The Hall–Kier alpha value is -1.09. The van der Waals surface area contributed by atoms with Gasteiger partial charge in [0.25, 0.3) is 0 Å². The molecule has 0 spiro atoms. The fourth-order valence-corrected chi connectivity index (χ4v) is 4.54. The van der Waals surface area contributed by atoms with Crippen LogP contribution >= 0.6 is 0 Å². The molecule has 0 aromatic heterocycles. The van der Waals surface area contributed by atoms with Crippen LogP contribution in [0.25, 0.3) is 0 Å². The van der Waals surface area contributed by atoms with Crippen molar-refractivity contribution in [1.82, 2.24) is 4.31 Å². The van der Waals surface area contributed by atoms with E-state index in [9.17, 15) is 13.5 Å². The fourth-order valence-electron chi connectivity index (χ4n) is 2.27. The summed E-state index contributed by atoms with van der Waals surface area (Å²) in [6.07, 6.45) is 0.733. The number of aliphatic hydroxyl groups is 1. The van der Waals surface area contributed by atoms with Crippen molar-refractivity contribution in [3.8, 4) is 0 Å². The molecule has 1 aromatic rings. The quantitative estimate of drug-likeness (QED) is 0.913. The molecule has 2 aliphatic heterocycles. The van der Waals surface area contributed by atoms with E-state index in [2.05, 4.69) is 8.73 Å². The summed E-state index contributed by atoms with van der Waals surface area (Å²) in [4.78, 5) is 0.174. The lowest BCUT2D eigenvalue weighted by Gasteiger charge is -2.29. The Bertz CT molecular complexity index is 680. The lowest BCUT2D eigenvalue weighted by Crippen LogP contribution is -2.42. The number of sulfonamides is 1. The number of benzene rings is 1. The number of rotatable bonds is 2. The summed E-state index contributed by atoms with van der Waals surface area (Å²) >= 11 is 0.998. The lowest BCUT2D eigenvalue weighted by atomic mass is 10.1. The molecule has 3 rings (SSSR count). The third-order valence-electron chi connectivity index (χ3n) is 3.23. The Morgan fingerprint density at radius 2 is 2.21 bits per heavy atom. The summed E-state index contributed by atoms with van der Waals surface area (Å²) < 4.78 is 34.6. The minimum Gasteiger partial charge on any atom is -0.392 e. The zero-order valence-electron chi connectivity index (χ0n) is 10.1. The molecule has 102 valence electrons. The molecule has 1 aromatic carbocycles. The molecule has 8 heteroatoms. The van der Waals surface area contributed by atoms with E-state index in [4.69, 9.17) is 0 Å². The molecule has 0 amide bonds. The van der Waals surface area contributed by atoms with Crippen LogP contribution in [0.5, 0.6) is 0 Å². The summed E-state index contributed by atoms with van der Waals surface area (Å²) in [5.41, 5.74) is 0.996. The number of hydrogen-bond acceptors (Lipinski definition) is 5. The maximum atomic E-state index is 12.6. The first-order valence-electron chi connectivity index (χ1n) is 5.98. The van der Waals surface area contributed by atoms with Crippen LogP contribution in [0.4, 0.5) is 11.4 Å². The Kier molecular flexibility index (Phi) is 3.25. The van der Waals surface area contributed by atoms with Crippen molar-refractivity contribution in [2.24, 2.45) is 8.73 Å². The summed E-state index contributed by atoms with van der Waals surface area (Å²) in [6.45, 7) is 0.587. The van der Waals surface area contributed by atoms with Crippen LogP contribution < -0.4 is 0 Å². The predicted octanol–water partition coefficient (Wildman–Crippen LogP) is 1.56. The summed E-state index contributed by atoms with van der Waals surface area (Å²) in [6, 6.07) is 4.94. The first-order chi connectivity index (χ1) is 9.09. The van der Waals surface area contributed by atoms with E-state index < -0.39 is 16.1 Å². The minimum absolute atomic E-state index is 0.149. The fraction of sp³-hybridized carbons (Fsp3) is 0.455. The molecular formula is C11H13N3O3S2. The standard InChI is InChI=1S/C11H13N3O3S2/c15-8-3-2-6-14(7-8)19(16,17)10-5-1-4-9-11(10)13-18-12-9/h1,4-5,8,15H,2-3,6-7H2/t8-/m0/s1. The van der Waals surface area contributed by atoms with E-state index in [1.54, 1.807) is 18.2 Å². The van der Waals surface area contributed by atoms with Gasteiger partial charge in [-0.1, -0.05) is 6.07 Å². The highest BCUT2D eigenvalue weighted by Crippen LogP contribution is 2.38. The van der Waals surface area contributed by atoms with Crippen molar-refractivity contribution < 1.29 is 13.5 Å². The molecule has 1 saturated heterocycles. The monoisotopic (exact) mass is 299 g/mol. The third kappa shape index (κ3) is 2.25. The van der Waals surface area contributed by atoms with Gasteiger partial charge in [0.15, 0.2) is 0 Å². The number of nitrogens with zero attached hydrogens (tertiary/aromatic N) is 3. The van der Waals surface area contributed by atoms with Crippen LogP contribution in [0.3, 0.4) is 0 Å². The van der Waals surface area contributed by atoms with Crippen molar-refractivity contribution in [2.75, 3.05) is 13.1 Å². The molecule has 2 heterocycles. The highest BCUT2D eigenvalue weighted by Gasteiger charge is 2.32. The van der Waals surface area contributed by atoms with Crippen molar-refractivity contribution in [1.29, 1.82) is 0 Å². The van der Waals surface area contributed by atoms with Crippen LogP contribution in [0.15, 0.2) is 31.8 Å². The van der Waals surface area contributed by atoms with E-state index >= 15 is 0 Å². The predicted molar refractivity (Wildman–Crippen MR) is 72.0 cm³/mol. The summed E-state index contributed by atoms with van der Waals surface area (Å²) in [7, 11) is -3.61. The average Bonchev–Trinajstić information content (AvgIpc) is 2.86. The van der Waals surface area contributed by atoms with Gasteiger partial charge in [0.2, 0.25) is 10.0 Å². The Morgan fingerprint density at radius 1 is 1.37 bits per heavy atom. The van der Waals surface area contributed by atoms with Crippen LogP contribution in [0.2, 0.25) is 0 Å². The molecule has 1 N–H and O–H groups in total. The largest absolute Gasteiger partial charge is 0.392 e. The Balaban J connectivity index is 2.02. The van der Waals surface area contributed by atoms with E-state index in [0.717, 1.165) is 11.4 Å². The molecular weight excluding hydrogens is 286 g/mol. The van der Waals surface area contributed by atoms with Gasteiger partial charge < -0.3 is 5.11 Å². The SMILES string of the molecule is O=S(=O)(c1cccc2c1N=S=N2)N1CCC[C@H](O)C1. The maximum Gasteiger partial charge on any atom is 0.245 e. The van der Waals surface area contributed by atoms with E-state index in [1.165, 1.54) is 4.31 Å². The minimum atomic E-state index is -3.61. The van der Waals surface area contributed by atoms with Crippen LogP contribution in [-0.4, -0.2) is 37.0 Å². The van der Waals surface area contributed by atoms with Gasteiger partial charge in [0.1, 0.15) is 16.3 Å². The van der Waals surface area contributed by atoms with Crippen molar-refractivity contribution in [3.63, 3.8) is 0 Å². The van der Waals surface area contributed by atoms with Gasteiger partial charge in [-0.05, 0) is 25.0 Å². The zero-order chi connectivity index (χ0) is 13.5. The highest BCUT2D eigenvalue weighted by atomic mass is 32.2. The summed E-state index contributed by atoms with van der Waals surface area (Å²) in [5.74, 6) is 0. The summed E-state index contributed by atoms with van der Waals surface area (Å²) in [5, 5.41) is 9.63. The molecule has 0 unspecified atom stereocenters. The molecule has 1 fully saturated rings. The Morgan fingerprint density at radius 3 is 3.00 bits per heavy atom. The van der Waals surface area contributed by atoms with Crippen molar-refractivity contribution in [3.05, 3.63) is 18.2 Å². The number of hydrogen-bond donors (Lipinski definition) is 1. The second-order valence-corrected chi connectivity index (χ2v) is 6.98. The molecule has 2 aliphatic rings. The zero-order valence-corrected chi connectivity index (χ0v) is 11.7. The van der Waals surface area contributed by atoms with Gasteiger partial charge in [0, 0.05) is 13.1 Å². The van der Waals surface area contributed by atoms with Crippen molar-refractivity contribution >= 4 is 32.8 Å². The molecule has 0 saturated carbocycles. The molecule has 0 bridgehead atoms. The van der Waals surface area contributed by atoms with E-state index in [1.807, 2.05) is 0 Å². The normalized spacial score (nSPS) is 23.1. The average molecular weight is 299 g/mol. The van der Waals surface area contributed by atoms with Gasteiger partial charge in [-0.25, -0.2) is 8.42 Å². The third-order valence-corrected chi connectivity index (χ3v) is 5.67. The molecule has 6 nitrogen and oxygen atoms in total. The van der Waals surface area contributed by atoms with Crippen molar-refractivity contribution in [2.45, 2.75) is 23.8 Å². The molecule has 0 radical (unpaired) electrons. The molecule has 0 aliphatic carbocycles. The number of β-amino-alcohol motifs (C(OH)–C–C–N with tert-alkyl or cyclic N) is 1. The maximum absolute atomic E-state index is 12.6. The highest BCUT2D eigenvalue weighted by molar-refractivity contribution is 7.89. The lowest BCUT2D eigenvalue weighted by molar-refractivity contribution is 0.108. The van der Waals surface area contributed by atoms with E-state index in [0.29, 0.717) is 30.8 Å². The van der Waals surface area contributed by atoms with Crippen LogP contribution in [0, 0.1) is 0 Å². The second-order valence-electron chi connectivity index (χ2n) is 4.55. The first kappa shape index (κ1) is 12.9. The van der Waals surface area contributed by atoms with Gasteiger partial charge in [-0.15, -0.1) is 0 Å². The first-order valence-corrected chi connectivity index (χ1v) is 8.15. The second kappa shape index (κ2) is 4.78. The number of piperidine rings is 1. The van der Waals surface area contributed by atoms with Gasteiger partial charge in [0.05, 0.1) is 17.5 Å². The molecule has 19 heavy (non-hydrogen) atoms. The number of fused-ring (bicyclic) bond motifs is 1. The van der Waals surface area contributed by atoms with Gasteiger partial charge in [-0.3, -0.25) is 0 Å². The van der Waals surface area contributed by atoms with Crippen LogP contribution in [0.1, 0.15) is 12.8 Å². The Labute approximate surface area is 115 Å². The smallest absolute Gasteiger partial charge is 0.245 e.